The van der Waals surface area contributed by atoms with Crippen LogP contribution in [-0.2, 0) is 4.79 Å². The Morgan fingerprint density at radius 3 is 2.33 bits per heavy atom. The van der Waals surface area contributed by atoms with Crippen molar-refractivity contribution in [3.8, 4) is 23.0 Å². The second-order valence-electron chi connectivity index (χ2n) is 9.54. The minimum absolute atomic E-state index is 0.109. The number of carbonyl (C=O) groups is 2. The number of para-hydroxylation sites is 2. The van der Waals surface area contributed by atoms with E-state index in [-0.39, 0.29) is 17.2 Å². The first-order chi connectivity index (χ1) is 18.8. The summed E-state index contributed by atoms with van der Waals surface area (Å²) in [6.07, 6.45) is 1.49. The van der Waals surface area contributed by atoms with Gasteiger partial charge in [0.15, 0.2) is 5.75 Å². The highest BCUT2D eigenvalue weighted by atomic mass is 16.5. The molecule has 4 rings (SSSR count). The Hall–Kier alpha value is -4.52. The quantitative estimate of drug-likeness (QED) is 0.230. The van der Waals surface area contributed by atoms with Crippen LogP contribution in [0.1, 0.15) is 41.3 Å². The molecule has 0 radical (unpaired) electrons. The third-order valence-electron chi connectivity index (χ3n) is 6.59. The molecule has 0 aliphatic carbocycles. The number of aryl methyl sites for hydroxylation is 2. The van der Waals surface area contributed by atoms with Gasteiger partial charge in [-0.05, 0) is 56.5 Å². The van der Waals surface area contributed by atoms with Crippen LogP contribution in [0.3, 0.4) is 0 Å². The lowest BCUT2D eigenvalue weighted by molar-refractivity contribution is -0.116. The molecule has 39 heavy (non-hydrogen) atoms. The fourth-order valence-electron chi connectivity index (χ4n) is 4.36. The molecule has 0 heterocycles. The summed E-state index contributed by atoms with van der Waals surface area (Å²) < 4.78 is 12.1. The average Bonchev–Trinajstić information content (AvgIpc) is 2.93. The standard InChI is InChI=1S/C32H34N2O5/c1-21-15-16-28(22(2)19-21)38-18-10-9-17-33-32(37)26-20-30(24-11-5-6-12-25(24)31(26)36)39-29-14-8-7-13-27(29)34(4)23(3)35/h5-8,11-16,19-20,36H,9-10,17-18H2,1-4H3,(H,33,37). The number of amides is 2. The van der Waals surface area contributed by atoms with Gasteiger partial charge in [-0.15, -0.1) is 0 Å². The summed E-state index contributed by atoms with van der Waals surface area (Å²) in [5.41, 5.74) is 3.01. The molecule has 7 nitrogen and oxygen atoms in total. The second-order valence-corrected chi connectivity index (χ2v) is 9.54. The zero-order valence-electron chi connectivity index (χ0n) is 22.8. The number of phenols is 1. The molecule has 0 aromatic heterocycles. The summed E-state index contributed by atoms with van der Waals surface area (Å²) in [7, 11) is 1.67. The van der Waals surface area contributed by atoms with Crippen molar-refractivity contribution >= 4 is 28.3 Å². The van der Waals surface area contributed by atoms with Crippen molar-refractivity contribution in [3.05, 3.63) is 89.5 Å². The van der Waals surface area contributed by atoms with Crippen LogP contribution in [-0.4, -0.2) is 37.1 Å². The van der Waals surface area contributed by atoms with E-state index in [4.69, 9.17) is 9.47 Å². The lowest BCUT2D eigenvalue weighted by Gasteiger charge is -2.20. The van der Waals surface area contributed by atoms with Crippen LogP contribution in [0.25, 0.3) is 10.8 Å². The largest absolute Gasteiger partial charge is 0.506 e. The van der Waals surface area contributed by atoms with Crippen molar-refractivity contribution < 1.29 is 24.2 Å². The van der Waals surface area contributed by atoms with Crippen molar-refractivity contribution in [2.75, 3.05) is 25.1 Å². The van der Waals surface area contributed by atoms with Crippen LogP contribution < -0.4 is 19.7 Å². The number of hydrogen-bond donors (Lipinski definition) is 2. The number of aromatic hydroxyl groups is 1. The van der Waals surface area contributed by atoms with Crippen molar-refractivity contribution in [2.24, 2.45) is 0 Å². The number of carbonyl (C=O) groups excluding carboxylic acids is 2. The molecule has 4 aromatic rings. The van der Waals surface area contributed by atoms with Gasteiger partial charge in [0.1, 0.15) is 17.2 Å². The molecule has 0 saturated heterocycles. The van der Waals surface area contributed by atoms with E-state index in [1.54, 1.807) is 37.4 Å². The smallest absolute Gasteiger partial charge is 0.255 e. The van der Waals surface area contributed by atoms with Gasteiger partial charge in [0, 0.05) is 31.3 Å². The number of fused-ring (bicyclic) bond motifs is 1. The zero-order valence-corrected chi connectivity index (χ0v) is 22.8. The van der Waals surface area contributed by atoms with Crippen molar-refractivity contribution in [2.45, 2.75) is 33.6 Å². The first kappa shape index (κ1) is 27.5. The molecule has 0 bridgehead atoms. The average molecular weight is 527 g/mol. The summed E-state index contributed by atoms with van der Waals surface area (Å²) >= 11 is 0. The predicted octanol–water partition coefficient (Wildman–Crippen LogP) is 6.53. The third kappa shape index (κ3) is 6.49. The molecule has 0 fully saturated rings. The number of nitrogens with one attached hydrogen (secondary N) is 1. The molecule has 7 heteroatoms. The normalized spacial score (nSPS) is 10.8. The number of unbranched alkanes of at least 4 members (excludes halogenated alkanes) is 1. The Labute approximate surface area is 229 Å². The number of hydrogen-bond acceptors (Lipinski definition) is 5. The van der Waals surface area contributed by atoms with E-state index >= 15 is 0 Å². The molecule has 4 aromatic carbocycles. The van der Waals surface area contributed by atoms with Crippen LogP contribution in [0, 0.1) is 13.8 Å². The first-order valence-corrected chi connectivity index (χ1v) is 13.0. The summed E-state index contributed by atoms with van der Waals surface area (Å²) in [4.78, 5) is 26.6. The van der Waals surface area contributed by atoms with Crippen LogP contribution >= 0.6 is 0 Å². The highest BCUT2D eigenvalue weighted by molar-refractivity contribution is 6.06. The molecule has 0 unspecified atom stereocenters. The van der Waals surface area contributed by atoms with Gasteiger partial charge in [0.2, 0.25) is 5.91 Å². The molecule has 0 saturated carbocycles. The molecular weight excluding hydrogens is 492 g/mol. The minimum Gasteiger partial charge on any atom is -0.506 e. The third-order valence-corrected chi connectivity index (χ3v) is 6.59. The topological polar surface area (TPSA) is 88.1 Å². The maximum absolute atomic E-state index is 13.1. The van der Waals surface area contributed by atoms with Gasteiger partial charge in [0.25, 0.3) is 5.91 Å². The number of nitrogens with zero attached hydrogens (tertiary/aromatic N) is 1. The summed E-state index contributed by atoms with van der Waals surface area (Å²) in [6, 6.07) is 22.0. The van der Waals surface area contributed by atoms with E-state index in [1.165, 1.54) is 17.4 Å². The van der Waals surface area contributed by atoms with Crippen LogP contribution in [0.5, 0.6) is 23.0 Å². The van der Waals surface area contributed by atoms with Gasteiger partial charge in [0.05, 0.1) is 17.9 Å². The van der Waals surface area contributed by atoms with E-state index in [1.807, 2.05) is 50.2 Å². The van der Waals surface area contributed by atoms with E-state index in [0.717, 1.165) is 24.2 Å². The monoisotopic (exact) mass is 526 g/mol. The SMILES string of the molecule is CC(=O)N(C)c1ccccc1Oc1cc(C(=O)NCCCCOc2ccc(C)cc2C)c(O)c2ccccc12. The second kappa shape index (κ2) is 12.3. The maximum atomic E-state index is 13.1. The number of anilines is 1. The molecule has 202 valence electrons. The van der Waals surface area contributed by atoms with Gasteiger partial charge in [-0.1, -0.05) is 54.1 Å². The fourth-order valence-corrected chi connectivity index (χ4v) is 4.36. The molecule has 2 amide bonds. The van der Waals surface area contributed by atoms with E-state index in [0.29, 0.717) is 41.1 Å². The highest BCUT2D eigenvalue weighted by Gasteiger charge is 2.20. The number of rotatable bonds is 10. The Balaban J connectivity index is 1.46. The Morgan fingerprint density at radius 2 is 1.59 bits per heavy atom. The van der Waals surface area contributed by atoms with Crippen molar-refractivity contribution in [1.29, 1.82) is 0 Å². The summed E-state index contributed by atoms with van der Waals surface area (Å²) in [5, 5.41) is 15.0. The lowest BCUT2D eigenvalue weighted by Crippen LogP contribution is -2.25. The first-order valence-electron chi connectivity index (χ1n) is 13.0. The molecule has 0 aliphatic rings. The molecular formula is C32H34N2O5. The van der Waals surface area contributed by atoms with Crippen LogP contribution in [0.4, 0.5) is 5.69 Å². The molecule has 0 aliphatic heterocycles. The number of benzene rings is 4. The lowest BCUT2D eigenvalue weighted by atomic mass is 10.0. The number of phenolic OH excluding ortho intramolecular Hbond substituents is 1. The molecule has 0 spiro atoms. The van der Waals surface area contributed by atoms with Gasteiger partial charge in [-0.3, -0.25) is 9.59 Å². The van der Waals surface area contributed by atoms with Gasteiger partial charge >= 0.3 is 0 Å². The Morgan fingerprint density at radius 1 is 0.872 bits per heavy atom. The molecule has 0 atom stereocenters. The Bertz CT molecular complexity index is 1500. The minimum atomic E-state index is -0.396. The van der Waals surface area contributed by atoms with Gasteiger partial charge in [-0.2, -0.15) is 0 Å². The number of ether oxygens (including phenoxy) is 2. The zero-order chi connectivity index (χ0) is 27.9. The summed E-state index contributed by atoms with van der Waals surface area (Å²) in [6.45, 7) is 6.53. The van der Waals surface area contributed by atoms with E-state index in [2.05, 4.69) is 11.4 Å². The van der Waals surface area contributed by atoms with Gasteiger partial charge in [-0.25, -0.2) is 0 Å². The van der Waals surface area contributed by atoms with Crippen molar-refractivity contribution in [1.82, 2.24) is 5.32 Å². The summed E-state index contributed by atoms with van der Waals surface area (Å²) in [5.74, 6) is 1.09. The van der Waals surface area contributed by atoms with Crippen LogP contribution in [0.15, 0.2) is 72.8 Å². The van der Waals surface area contributed by atoms with E-state index < -0.39 is 5.91 Å². The van der Waals surface area contributed by atoms with Gasteiger partial charge < -0.3 is 24.8 Å². The maximum Gasteiger partial charge on any atom is 0.255 e. The fraction of sp³-hybridized carbons (Fsp3) is 0.250. The van der Waals surface area contributed by atoms with Crippen molar-refractivity contribution in [3.63, 3.8) is 0 Å². The van der Waals surface area contributed by atoms with Crippen LogP contribution in [0.2, 0.25) is 0 Å². The predicted molar refractivity (Wildman–Crippen MR) is 154 cm³/mol. The Kier molecular flexibility index (Phi) is 8.71. The highest BCUT2D eigenvalue weighted by Crippen LogP contribution is 2.40. The molecule has 2 N–H and O–H groups in total. The van der Waals surface area contributed by atoms with E-state index in [9.17, 15) is 14.7 Å².